The van der Waals surface area contributed by atoms with Crippen LogP contribution in [0, 0.1) is 0 Å². The van der Waals surface area contributed by atoms with Crippen molar-refractivity contribution in [3.05, 3.63) is 35.9 Å². The summed E-state index contributed by atoms with van der Waals surface area (Å²) in [6.45, 7) is 6.46. The van der Waals surface area contributed by atoms with Gasteiger partial charge in [0, 0.05) is 32.2 Å². The van der Waals surface area contributed by atoms with Gasteiger partial charge < -0.3 is 15.7 Å². The average molecular weight is 277 g/mol. The minimum Gasteiger partial charge on any atom is -0.394 e. The molecule has 0 spiro atoms. The SMILES string of the molecule is CC1CN(C)CCN1CCC(N)(CO)c1ccccc1. The predicted molar refractivity (Wildman–Crippen MR) is 82.5 cm³/mol. The summed E-state index contributed by atoms with van der Waals surface area (Å²) in [7, 11) is 2.17. The van der Waals surface area contributed by atoms with Gasteiger partial charge in [-0.25, -0.2) is 0 Å². The van der Waals surface area contributed by atoms with E-state index in [0.29, 0.717) is 6.04 Å². The maximum atomic E-state index is 9.72. The Hall–Kier alpha value is -0.940. The van der Waals surface area contributed by atoms with Gasteiger partial charge in [0.15, 0.2) is 0 Å². The third kappa shape index (κ3) is 3.58. The number of aliphatic hydroxyl groups is 1. The second kappa shape index (κ2) is 6.68. The van der Waals surface area contributed by atoms with E-state index in [1.165, 1.54) is 0 Å². The molecular weight excluding hydrogens is 250 g/mol. The van der Waals surface area contributed by atoms with Crippen LogP contribution in [-0.2, 0) is 5.54 Å². The van der Waals surface area contributed by atoms with Crippen LogP contribution in [0.4, 0.5) is 0 Å². The van der Waals surface area contributed by atoms with Crippen molar-refractivity contribution in [1.29, 1.82) is 0 Å². The van der Waals surface area contributed by atoms with E-state index < -0.39 is 5.54 Å². The van der Waals surface area contributed by atoms with Crippen molar-refractivity contribution in [3.8, 4) is 0 Å². The molecule has 0 aliphatic carbocycles. The van der Waals surface area contributed by atoms with Gasteiger partial charge in [-0.1, -0.05) is 30.3 Å². The van der Waals surface area contributed by atoms with Crippen LogP contribution in [0.5, 0.6) is 0 Å². The van der Waals surface area contributed by atoms with Crippen molar-refractivity contribution in [1.82, 2.24) is 9.80 Å². The molecule has 4 nitrogen and oxygen atoms in total. The predicted octanol–water partition coefficient (Wildman–Crippen LogP) is 0.859. The summed E-state index contributed by atoms with van der Waals surface area (Å²) in [5.41, 5.74) is 6.80. The Morgan fingerprint density at radius 2 is 2.00 bits per heavy atom. The zero-order valence-electron chi connectivity index (χ0n) is 12.6. The molecule has 1 heterocycles. The molecule has 1 saturated heterocycles. The molecule has 2 rings (SSSR count). The van der Waals surface area contributed by atoms with E-state index in [0.717, 1.165) is 38.2 Å². The van der Waals surface area contributed by atoms with E-state index in [1.54, 1.807) is 0 Å². The van der Waals surface area contributed by atoms with Crippen LogP contribution in [0.2, 0.25) is 0 Å². The molecule has 1 aromatic carbocycles. The third-order valence-electron chi connectivity index (χ3n) is 4.44. The van der Waals surface area contributed by atoms with E-state index in [1.807, 2.05) is 30.3 Å². The van der Waals surface area contributed by atoms with Crippen LogP contribution in [0.1, 0.15) is 18.9 Å². The first-order chi connectivity index (χ1) is 9.55. The lowest BCUT2D eigenvalue weighted by atomic mass is 9.88. The summed E-state index contributed by atoms with van der Waals surface area (Å²) in [4.78, 5) is 4.83. The molecule has 2 atom stereocenters. The number of rotatable bonds is 5. The molecule has 2 unspecified atom stereocenters. The second-order valence-corrected chi connectivity index (χ2v) is 6.08. The first-order valence-electron chi connectivity index (χ1n) is 7.43. The van der Waals surface area contributed by atoms with E-state index in [-0.39, 0.29) is 6.61 Å². The Balaban J connectivity index is 1.97. The molecule has 1 aliphatic heterocycles. The van der Waals surface area contributed by atoms with Crippen molar-refractivity contribution in [3.63, 3.8) is 0 Å². The highest BCUT2D eigenvalue weighted by molar-refractivity contribution is 5.24. The van der Waals surface area contributed by atoms with Crippen LogP contribution in [0.15, 0.2) is 30.3 Å². The monoisotopic (exact) mass is 277 g/mol. The molecule has 0 aromatic heterocycles. The number of benzene rings is 1. The Kier molecular flexibility index (Phi) is 5.16. The van der Waals surface area contributed by atoms with Crippen LogP contribution in [0.3, 0.4) is 0 Å². The van der Waals surface area contributed by atoms with Crippen molar-refractivity contribution < 1.29 is 5.11 Å². The molecule has 20 heavy (non-hydrogen) atoms. The largest absolute Gasteiger partial charge is 0.394 e. The van der Waals surface area contributed by atoms with Gasteiger partial charge in [0.05, 0.1) is 12.1 Å². The van der Waals surface area contributed by atoms with Crippen LogP contribution in [0.25, 0.3) is 0 Å². The topological polar surface area (TPSA) is 52.7 Å². The average Bonchev–Trinajstić information content (AvgIpc) is 2.47. The number of hydrogen-bond acceptors (Lipinski definition) is 4. The Morgan fingerprint density at radius 3 is 2.60 bits per heavy atom. The minimum absolute atomic E-state index is 0.0147. The Bertz CT molecular complexity index is 411. The molecule has 1 fully saturated rings. The lowest BCUT2D eigenvalue weighted by Gasteiger charge is -2.40. The summed E-state index contributed by atoms with van der Waals surface area (Å²) < 4.78 is 0. The molecule has 112 valence electrons. The van der Waals surface area contributed by atoms with Gasteiger partial charge in [-0.05, 0) is 26.0 Å². The molecule has 1 aliphatic rings. The fourth-order valence-corrected chi connectivity index (χ4v) is 2.94. The van der Waals surface area contributed by atoms with Crippen molar-refractivity contribution >= 4 is 0 Å². The number of aliphatic hydroxyl groups excluding tert-OH is 1. The van der Waals surface area contributed by atoms with E-state index in [4.69, 9.17) is 5.73 Å². The Morgan fingerprint density at radius 1 is 1.30 bits per heavy atom. The molecule has 4 heteroatoms. The summed E-state index contributed by atoms with van der Waals surface area (Å²) in [5.74, 6) is 0. The van der Waals surface area contributed by atoms with Crippen molar-refractivity contribution in [2.24, 2.45) is 5.73 Å². The van der Waals surface area contributed by atoms with E-state index >= 15 is 0 Å². The molecule has 3 N–H and O–H groups in total. The highest BCUT2D eigenvalue weighted by Gasteiger charge is 2.29. The lowest BCUT2D eigenvalue weighted by molar-refractivity contribution is 0.0836. The zero-order valence-corrected chi connectivity index (χ0v) is 12.6. The molecule has 0 amide bonds. The molecular formula is C16H27N3O. The van der Waals surface area contributed by atoms with Crippen LogP contribution in [-0.4, -0.2) is 60.8 Å². The summed E-state index contributed by atoms with van der Waals surface area (Å²) in [6.07, 6.45) is 0.779. The highest BCUT2D eigenvalue weighted by Crippen LogP contribution is 2.23. The first-order valence-corrected chi connectivity index (χ1v) is 7.43. The minimum atomic E-state index is -0.635. The Labute approximate surface area is 122 Å². The number of nitrogens with two attached hydrogens (primary N) is 1. The summed E-state index contributed by atoms with van der Waals surface area (Å²) in [5, 5.41) is 9.72. The molecule has 0 saturated carbocycles. The summed E-state index contributed by atoms with van der Waals surface area (Å²) >= 11 is 0. The standard InChI is InChI=1S/C16H27N3O/c1-14-12-18(2)10-11-19(14)9-8-16(17,13-20)15-6-4-3-5-7-15/h3-7,14,20H,8-13,17H2,1-2H3. The van der Waals surface area contributed by atoms with Crippen LogP contribution < -0.4 is 5.73 Å². The van der Waals surface area contributed by atoms with Crippen LogP contribution >= 0.6 is 0 Å². The first kappa shape index (κ1) is 15.4. The number of nitrogens with zero attached hydrogens (tertiary/aromatic N) is 2. The number of piperazine rings is 1. The zero-order chi connectivity index (χ0) is 14.6. The maximum Gasteiger partial charge on any atom is 0.0656 e. The number of likely N-dealkylation sites (N-methyl/N-ethyl adjacent to an activating group) is 1. The van der Waals surface area contributed by atoms with Gasteiger partial charge >= 0.3 is 0 Å². The van der Waals surface area contributed by atoms with E-state index in [2.05, 4.69) is 23.8 Å². The van der Waals surface area contributed by atoms with Gasteiger partial charge in [0.25, 0.3) is 0 Å². The van der Waals surface area contributed by atoms with Gasteiger partial charge in [-0.2, -0.15) is 0 Å². The molecule has 0 radical (unpaired) electrons. The smallest absolute Gasteiger partial charge is 0.0656 e. The third-order valence-corrected chi connectivity index (χ3v) is 4.44. The van der Waals surface area contributed by atoms with Crippen molar-refractivity contribution in [2.75, 3.05) is 39.8 Å². The highest BCUT2D eigenvalue weighted by atomic mass is 16.3. The van der Waals surface area contributed by atoms with Gasteiger partial charge in [-0.15, -0.1) is 0 Å². The van der Waals surface area contributed by atoms with Gasteiger partial charge in [0.1, 0.15) is 0 Å². The second-order valence-electron chi connectivity index (χ2n) is 6.08. The number of hydrogen-bond donors (Lipinski definition) is 2. The fraction of sp³-hybridized carbons (Fsp3) is 0.625. The quantitative estimate of drug-likeness (QED) is 0.838. The van der Waals surface area contributed by atoms with Crippen molar-refractivity contribution in [2.45, 2.75) is 24.9 Å². The molecule has 0 bridgehead atoms. The maximum absolute atomic E-state index is 9.72. The normalized spacial score (nSPS) is 24.5. The fourth-order valence-electron chi connectivity index (χ4n) is 2.94. The van der Waals surface area contributed by atoms with E-state index in [9.17, 15) is 5.11 Å². The summed E-state index contributed by atoms with van der Waals surface area (Å²) in [6, 6.07) is 10.5. The lowest BCUT2D eigenvalue weighted by Crippen LogP contribution is -2.52. The van der Waals surface area contributed by atoms with Gasteiger partial charge in [-0.3, -0.25) is 4.90 Å². The molecule has 1 aromatic rings. The van der Waals surface area contributed by atoms with Gasteiger partial charge in [0.2, 0.25) is 0 Å².